The van der Waals surface area contributed by atoms with E-state index in [1.54, 1.807) is 6.08 Å². The first kappa shape index (κ1) is 72.8. The van der Waals surface area contributed by atoms with Crippen molar-refractivity contribution in [2.24, 2.45) is 0 Å². The monoisotopic (exact) mass is 1050 g/mol. The Morgan fingerprint density at radius 3 is 1.05 bits per heavy atom. The summed E-state index contributed by atoms with van der Waals surface area (Å²) in [6.45, 7) is 4.89. The number of esters is 1. The number of rotatable bonds is 62. The maximum absolute atomic E-state index is 12.5. The van der Waals surface area contributed by atoms with Gasteiger partial charge in [-0.05, 0) is 89.9 Å². The lowest BCUT2D eigenvalue weighted by molar-refractivity contribution is -0.143. The summed E-state index contributed by atoms with van der Waals surface area (Å²) in [7, 11) is 0. The Morgan fingerprint density at radius 1 is 0.373 bits per heavy atom. The van der Waals surface area contributed by atoms with Crippen LogP contribution in [0.3, 0.4) is 0 Å². The van der Waals surface area contributed by atoms with Gasteiger partial charge in [0.25, 0.3) is 0 Å². The molecule has 0 aromatic rings. The van der Waals surface area contributed by atoms with Gasteiger partial charge in [-0.3, -0.25) is 9.59 Å². The zero-order chi connectivity index (χ0) is 54.3. The van der Waals surface area contributed by atoms with E-state index in [1.807, 2.05) is 6.08 Å². The summed E-state index contributed by atoms with van der Waals surface area (Å²) in [5, 5.41) is 23.2. The molecule has 0 fully saturated rings. The predicted octanol–water partition coefficient (Wildman–Crippen LogP) is 21.3. The van der Waals surface area contributed by atoms with Crippen molar-refractivity contribution in [2.75, 3.05) is 13.2 Å². The van der Waals surface area contributed by atoms with E-state index in [4.69, 9.17) is 4.74 Å². The minimum atomic E-state index is -0.852. The Hall–Kier alpha value is -2.18. The third-order valence-corrected chi connectivity index (χ3v) is 15.3. The van der Waals surface area contributed by atoms with Crippen LogP contribution in [0.4, 0.5) is 0 Å². The van der Waals surface area contributed by atoms with Gasteiger partial charge in [0.15, 0.2) is 0 Å². The summed E-state index contributed by atoms with van der Waals surface area (Å²) < 4.78 is 5.48. The summed E-state index contributed by atoms with van der Waals surface area (Å²) in [5.41, 5.74) is 0. The van der Waals surface area contributed by atoms with Crippen LogP contribution in [-0.4, -0.2) is 47.4 Å². The van der Waals surface area contributed by atoms with Gasteiger partial charge in [0.1, 0.15) is 0 Å². The lowest BCUT2D eigenvalue weighted by Gasteiger charge is -2.20. The quantitative estimate of drug-likeness (QED) is 0.0320. The SMILES string of the molecule is CCCCC/C=C\C/C=C\CCCCCCCC(=O)OCCCCCCCCCCCC/C=C\CCCCCCCCCC(=O)NC(CO)C(O)/C=C/CCCCCCCCCCCCCCCCCCCCCC. The summed E-state index contributed by atoms with van der Waals surface area (Å²) in [5.74, 6) is -0.0797. The van der Waals surface area contributed by atoms with Gasteiger partial charge < -0.3 is 20.3 Å². The highest BCUT2D eigenvalue weighted by Crippen LogP contribution is 2.17. The van der Waals surface area contributed by atoms with E-state index in [1.165, 1.54) is 270 Å². The number of aliphatic hydroxyl groups is 2. The van der Waals surface area contributed by atoms with Gasteiger partial charge >= 0.3 is 5.97 Å². The van der Waals surface area contributed by atoms with E-state index in [2.05, 4.69) is 55.6 Å². The summed E-state index contributed by atoms with van der Waals surface area (Å²) in [6.07, 6.45) is 83.1. The van der Waals surface area contributed by atoms with Crippen LogP contribution < -0.4 is 5.32 Å². The first-order valence-electron chi connectivity index (χ1n) is 33.4. The average Bonchev–Trinajstić information content (AvgIpc) is 3.41. The molecule has 1 amide bonds. The third-order valence-electron chi connectivity index (χ3n) is 15.3. The molecule has 0 radical (unpaired) electrons. The summed E-state index contributed by atoms with van der Waals surface area (Å²) >= 11 is 0. The van der Waals surface area contributed by atoms with Crippen molar-refractivity contribution in [3.8, 4) is 0 Å². The first-order chi connectivity index (χ1) is 37.0. The van der Waals surface area contributed by atoms with Gasteiger partial charge in [0, 0.05) is 12.8 Å². The molecule has 0 aliphatic carbocycles. The number of allylic oxidation sites excluding steroid dienone is 7. The molecule has 0 spiro atoms. The number of hydrogen-bond donors (Lipinski definition) is 3. The smallest absolute Gasteiger partial charge is 0.305 e. The lowest BCUT2D eigenvalue weighted by Crippen LogP contribution is -2.45. The number of aliphatic hydroxyl groups excluding tert-OH is 2. The minimum Gasteiger partial charge on any atom is -0.466 e. The van der Waals surface area contributed by atoms with Crippen LogP contribution >= 0.6 is 0 Å². The first-order valence-corrected chi connectivity index (χ1v) is 33.4. The fourth-order valence-electron chi connectivity index (χ4n) is 10.2. The van der Waals surface area contributed by atoms with E-state index in [-0.39, 0.29) is 18.5 Å². The van der Waals surface area contributed by atoms with Crippen molar-refractivity contribution in [3.05, 3.63) is 48.6 Å². The van der Waals surface area contributed by atoms with Crippen molar-refractivity contribution in [3.63, 3.8) is 0 Å². The Morgan fingerprint density at radius 2 is 0.667 bits per heavy atom. The highest BCUT2D eigenvalue weighted by atomic mass is 16.5. The molecule has 0 aliphatic rings. The van der Waals surface area contributed by atoms with Crippen LogP contribution in [0.5, 0.6) is 0 Å². The Labute approximate surface area is 467 Å². The molecule has 0 rings (SSSR count). The van der Waals surface area contributed by atoms with Gasteiger partial charge in [-0.2, -0.15) is 0 Å². The molecular weight excluding hydrogens is 923 g/mol. The molecule has 0 heterocycles. The summed E-state index contributed by atoms with van der Waals surface area (Å²) in [4.78, 5) is 24.6. The predicted molar refractivity (Wildman–Crippen MR) is 329 cm³/mol. The topological polar surface area (TPSA) is 95.9 Å². The minimum absolute atomic E-state index is 0.00634. The second-order valence-corrected chi connectivity index (χ2v) is 22.8. The number of unbranched alkanes of at least 4 members (excludes halogenated alkanes) is 45. The van der Waals surface area contributed by atoms with Gasteiger partial charge in [-0.1, -0.05) is 300 Å². The standard InChI is InChI=1S/C69H129NO5/c1-3-5-7-9-11-13-15-17-19-20-21-22-24-27-30-34-37-41-45-49-53-57-61-67(72)66(65-71)70-68(73)62-58-54-50-46-42-38-35-31-28-25-23-26-29-32-36-40-44-48-52-56-60-64-75-69(74)63-59-55-51-47-43-39-33-18-16-14-12-10-8-6-4-2/h12,14,18,25,28,33,57,61,66-67,71-72H,3-11,13,15-17,19-24,26-27,29-32,34-56,58-60,62-65H2,1-2H3,(H,70,73)/b14-12-,28-25-,33-18-,61-57+. The molecule has 0 saturated heterocycles. The van der Waals surface area contributed by atoms with E-state index < -0.39 is 12.1 Å². The number of nitrogens with one attached hydrogen (secondary N) is 1. The molecular formula is C69H129NO5. The fourth-order valence-corrected chi connectivity index (χ4v) is 10.2. The zero-order valence-corrected chi connectivity index (χ0v) is 50.3. The molecule has 440 valence electrons. The maximum atomic E-state index is 12.5. The van der Waals surface area contributed by atoms with E-state index >= 15 is 0 Å². The zero-order valence-electron chi connectivity index (χ0n) is 50.3. The van der Waals surface area contributed by atoms with Crippen LogP contribution in [0.15, 0.2) is 48.6 Å². The molecule has 0 aliphatic heterocycles. The Balaban J connectivity index is 3.46. The highest BCUT2D eigenvalue weighted by Gasteiger charge is 2.18. The molecule has 2 unspecified atom stereocenters. The molecule has 0 saturated carbocycles. The van der Waals surface area contributed by atoms with Gasteiger partial charge in [0.2, 0.25) is 5.91 Å². The van der Waals surface area contributed by atoms with Crippen molar-refractivity contribution in [1.82, 2.24) is 5.32 Å². The van der Waals surface area contributed by atoms with Gasteiger partial charge in [0.05, 0.1) is 25.4 Å². The Kier molecular flexibility index (Phi) is 62.5. The van der Waals surface area contributed by atoms with Gasteiger partial charge in [-0.25, -0.2) is 0 Å². The fraction of sp³-hybridized carbons (Fsp3) is 0.855. The van der Waals surface area contributed by atoms with Crippen LogP contribution in [0.1, 0.15) is 354 Å². The molecule has 0 aromatic carbocycles. The second-order valence-electron chi connectivity index (χ2n) is 22.8. The lowest BCUT2D eigenvalue weighted by atomic mass is 10.0. The summed E-state index contributed by atoms with van der Waals surface area (Å²) in [6, 6.07) is -0.636. The van der Waals surface area contributed by atoms with E-state index in [0.717, 1.165) is 57.8 Å². The number of carbonyl (C=O) groups is 2. The van der Waals surface area contributed by atoms with Crippen LogP contribution in [-0.2, 0) is 14.3 Å². The van der Waals surface area contributed by atoms with Crippen LogP contribution in [0, 0.1) is 0 Å². The molecule has 75 heavy (non-hydrogen) atoms. The second kappa shape index (κ2) is 64.3. The third kappa shape index (κ3) is 60.9. The van der Waals surface area contributed by atoms with Crippen molar-refractivity contribution < 1.29 is 24.5 Å². The van der Waals surface area contributed by atoms with Gasteiger partial charge in [-0.15, -0.1) is 0 Å². The number of ether oxygens (including phenoxy) is 1. The van der Waals surface area contributed by atoms with Crippen LogP contribution in [0.2, 0.25) is 0 Å². The molecule has 3 N–H and O–H groups in total. The van der Waals surface area contributed by atoms with Crippen molar-refractivity contribution in [2.45, 2.75) is 366 Å². The van der Waals surface area contributed by atoms with E-state index in [0.29, 0.717) is 19.4 Å². The molecule has 2 atom stereocenters. The van der Waals surface area contributed by atoms with Crippen molar-refractivity contribution in [1.29, 1.82) is 0 Å². The largest absolute Gasteiger partial charge is 0.466 e. The molecule has 6 heteroatoms. The number of carbonyl (C=O) groups excluding carboxylic acids is 2. The van der Waals surface area contributed by atoms with Crippen LogP contribution in [0.25, 0.3) is 0 Å². The molecule has 0 aromatic heterocycles. The van der Waals surface area contributed by atoms with E-state index in [9.17, 15) is 19.8 Å². The van der Waals surface area contributed by atoms with Crippen molar-refractivity contribution >= 4 is 11.9 Å². The average molecular weight is 1050 g/mol. The number of amides is 1. The maximum Gasteiger partial charge on any atom is 0.305 e. The molecule has 0 bridgehead atoms. The highest BCUT2D eigenvalue weighted by molar-refractivity contribution is 5.76. The number of hydrogen-bond acceptors (Lipinski definition) is 5. The normalized spacial score (nSPS) is 12.9. The molecule has 6 nitrogen and oxygen atoms in total. The Bertz CT molecular complexity index is 1260.